The zero-order chi connectivity index (χ0) is 19.8. The second kappa shape index (κ2) is 7.40. The van der Waals surface area contributed by atoms with Crippen LogP contribution in [0.3, 0.4) is 0 Å². The first-order valence-corrected chi connectivity index (χ1v) is 10.2. The minimum atomic E-state index is 0.438. The molecule has 1 saturated carbocycles. The Morgan fingerprint density at radius 3 is 2.69 bits per heavy atom. The number of anilines is 1. The van der Waals surface area contributed by atoms with Gasteiger partial charge in [-0.05, 0) is 70.1 Å². The maximum Gasteiger partial charge on any atom is 0.241 e. The molecule has 148 valence electrons. The summed E-state index contributed by atoms with van der Waals surface area (Å²) in [4.78, 5) is 16.0. The highest BCUT2D eigenvalue weighted by atomic mass is 15.3. The molecule has 1 aliphatic rings. The van der Waals surface area contributed by atoms with Crippen molar-refractivity contribution < 1.29 is 0 Å². The Labute approximate surface area is 169 Å². The van der Waals surface area contributed by atoms with Gasteiger partial charge in [-0.1, -0.05) is 0 Å². The average molecular weight is 387 g/mol. The molecule has 0 aromatic carbocycles. The molecule has 0 saturated heterocycles. The molecule has 29 heavy (non-hydrogen) atoms. The number of rotatable bonds is 4. The van der Waals surface area contributed by atoms with Crippen LogP contribution in [-0.2, 0) is 0 Å². The molecule has 4 aromatic rings. The van der Waals surface area contributed by atoms with Gasteiger partial charge < -0.3 is 10.2 Å². The van der Waals surface area contributed by atoms with Crippen LogP contribution < -0.4 is 5.32 Å². The summed E-state index contributed by atoms with van der Waals surface area (Å²) in [7, 11) is 4.33. The molecule has 1 aliphatic carbocycles. The van der Waals surface area contributed by atoms with Crippen LogP contribution in [0.1, 0.15) is 25.7 Å². The van der Waals surface area contributed by atoms with E-state index in [1.807, 2.05) is 47.2 Å². The summed E-state index contributed by atoms with van der Waals surface area (Å²) < 4.78 is 1.88. The predicted molar refractivity (Wildman–Crippen MR) is 115 cm³/mol. The first-order chi connectivity index (χ1) is 14.2. The lowest BCUT2D eigenvalue weighted by Crippen LogP contribution is -2.36. The molecular formula is C22H25N7. The Morgan fingerprint density at radius 2 is 1.86 bits per heavy atom. The third-order valence-corrected chi connectivity index (χ3v) is 5.91. The standard InChI is InChI=1S/C22H25N7/c1-28(2)16-7-5-15(6-8-16)25-22-24-14-21-17(11-13-29(21)27-22)18-9-10-19-20(26-18)4-3-12-23-19/h3-4,9-16H,5-8H2,1-2H3,(H,25,27)/t15-,16-. The van der Waals surface area contributed by atoms with Crippen LogP contribution in [0.4, 0.5) is 5.95 Å². The molecule has 5 rings (SSSR count). The van der Waals surface area contributed by atoms with Crippen LogP contribution in [0.2, 0.25) is 0 Å². The molecule has 0 bridgehead atoms. The number of nitrogens with one attached hydrogen (secondary N) is 1. The van der Waals surface area contributed by atoms with E-state index < -0.39 is 0 Å². The van der Waals surface area contributed by atoms with Gasteiger partial charge in [0.1, 0.15) is 0 Å². The van der Waals surface area contributed by atoms with Gasteiger partial charge in [-0.2, -0.15) is 0 Å². The molecule has 4 heterocycles. The van der Waals surface area contributed by atoms with Gasteiger partial charge in [-0.15, -0.1) is 5.10 Å². The number of fused-ring (bicyclic) bond motifs is 2. The van der Waals surface area contributed by atoms with Crippen LogP contribution in [0.15, 0.2) is 48.9 Å². The second-order valence-electron chi connectivity index (χ2n) is 7.99. The zero-order valence-corrected chi connectivity index (χ0v) is 16.8. The monoisotopic (exact) mass is 387 g/mol. The van der Waals surface area contributed by atoms with Gasteiger partial charge >= 0.3 is 0 Å². The number of hydrogen-bond donors (Lipinski definition) is 1. The van der Waals surface area contributed by atoms with Crippen molar-refractivity contribution in [3.8, 4) is 11.3 Å². The molecule has 0 radical (unpaired) electrons. The first kappa shape index (κ1) is 18.0. The van der Waals surface area contributed by atoms with Crippen molar-refractivity contribution in [1.29, 1.82) is 0 Å². The van der Waals surface area contributed by atoms with Gasteiger partial charge in [0.2, 0.25) is 5.95 Å². The normalized spacial score (nSPS) is 19.8. The van der Waals surface area contributed by atoms with Crippen molar-refractivity contribution in [2.45, 2.75) is 37.8 Å². The van der Waals surface area contributed by atoms with Gasteiger partial charge in [-0.3, -0.25) is 4.98 Å². The fourth-order valence-electron chi connectivity index (χ4n) is 4.21. The lowest BCUT2D eigenvalue weighted by atomic mass is 9.91. The maximum absolute atomic E-state index is 4.75. The Balaban J connectivity index is 1.37. The van der Waals surface area contributed by atoms with E-state index in [1.165, 1.54) is 12.8 Å². The van der Waals surface area contributed by atoms with Gasteiger partial charge in [-0.25, -0.2) is 14.5 Å². The average Bonchev–Trinajstić information content (AvgIpc) is 3.17. The molecule has 0 unspecified atom stereocenters. The summed E-state index contributed by atoms with van der Waals surface area (Å²) in [6.45, 7) is 0. The summed E-state index contributed by atoms with van der Waals surface area (Å²) in [6, 6.07) is 11.1. The van der Waals surface area contributed by atoms with Crippen molar-refractivity contribution in [2.75, 3.05) is 19.4 Å². The largest absolute Gasteiger partial charge is 0.350 e. The molecule has 0 spiro atoms. The third-order valence-electron chi connectivity index (χ3n) is 5.91. The topological polar surface area (TPSA) is 71.2 Å². The summed E-state index contributed by atoms with van der Waals surface area (Å²) in [5.41, 5.74) is 4.65. The Kier molecular flexibility index (Phi) is 4.60. The number of hydrogen-bond acceptors (Lipinski definition) is 6. The van der Waals surface area contributed by atoms with Gasteiger partial charge in [0.15, 0.2) is 0 Å². The van der Waals surface area contributed by atoms with Gasteiger partial charge in [0.05, 0.1) is 28.4 Å². The van der Waals surface area contributed by atoms with Crippen molar-refractivity contribution in [1.82, 2.24) is 29.5 Å². The zero-order valence-electron chi connectivity index (χ0n) is 16.8. The summed E-state index contributed by atoms with van der Waals surface area (Å²) in [5.74, 6) is 0.684. The molecule has 1 fully saturated rings. The molecule has 7 nitrogen and oxygen atoms in total. The first-order valence-electron chi connectivity index (χ1n) is 10.2. The van der Waals surface area contributed by atoms with Crippen LogP contribution >= 0.6 is 0 Å². The van der Waals surface area contributed by atoms with Gasteiger partial charge in [0, 0.05) is 30.0 Å². The van der Waals surface area contributed by atoms with Crippen molar-refractivity contribution in [2.24, 2.45) is 0 Å². The quantitative estimate of drug-likeness (QED) is 0.577. The number of aromatic nitrogens is 5. The predicted octanol–water partition coefficient (Wildman–Crippen LogP) is 3.62. The summed E-state index contributed by atoms with van der Waals surface area (Å²) >= 11 is 0. The highest BCUT2D eigenvalue weighted by molar-refractivity contribution is 5.83. The maximum atomic E-state index is 4.75. The fraction of sp³-hybridized carbons (Fsp3) is 0.364. The van der Waals surface area contributed by atoms with Crippen molar-refractivity contribution in [3.05, 3.63) is 48.9 Å². The van der Waals surface area contributed by atoms with Crippen LogP contribution in [0.25, 0.3) is 27.8 Å². The fourth-order valence-corrected chi connectivity index (χ4v) is 4.21. The van der Waals surface area contributed by atoms with E-state index in [0.29, 0.717) is 18.0 Å². The van der Waals surface area contributed by atoms with E-state index in [4.69, 9.17) is 4.98 Å². The van der Waals surface area contributed by atoms with E-state index in [1.54, 1.807) is 6.20 Å². The molecule has 0 aliphatic heterocycles. The van der Waals surface area contributed by atoms with Crippen LogP contribution in [0, 0.1) is 0 Å². The Morgan fingerprint density at radius 1 is 1.00 bits per heavy atom. The SMILES string of the molecule is CN(C)[C@H]1CC[C@H](Nc2ncc3c(-c4ccc5ncccc5n4)ccn3n2)CC1. The highest BCUT2D eigenvalue weighted by Gasteiger charge is 2.23. The Hall–Kier alpha value is -3.06. The number of pyridine rings is 2. The minimum Gasteiger partial charge on any atom is -0.350 e. The van der Waals surface area contributed by atoms with E-state index in [9.17, 15) is 0 Å². The van der Waals surface area contributed by atoms with Crippen LogP contribution in [0.5, 0.6) is 0 Å². The van der Waals surface area contributed by atoms with E-state index >= 15 is 0 Å². The molecular weight excluding hydrogens is 362 g/mol. The van der Waals surface area contributed by atoms with Crippen molar-refractivity contribution >= 4 is 22.5 Å². The smallest absolute Gasteiger partial charge is 0.241 e. The lowest BCUT2D eigenvalue weighted by molar-refractivity contribution is 0.221. The second-order valence-corrected chi connectivity index (χ2v) is 7.99. The minimum absolute atomic E-state index is 0.438. The van der Waals surface area contributed by atoms with Gasteiger partial charge in [0.25, 0.3) is 0 Å². The molecule has 0 amide bonds. The molecule has 4 aromatic heterocycles. The van der Waals surface area contributed by atoms with Crippen LogP contribution in [-0.4, -0.2) is 55.6 Å². The molecule has 1 N–H and O–H groups in total. The van der Waals surface area contributed by atoms with E-state index in [2.05, 4.69) is 39.4 Å². The summed E-state index contributed by atoms with van der Waals surface area (Å²) in [6.07, 6.45) is 10.4. The van der Waals surface area contributed by atoms with E-state index in [-0.39, 0.29) is 0 Å². The molecule has 7 heteroatoms. The number of nitrogens with zero attached hydrogens (tertiary/aromatic N) is 6. The summed E-state index contributed by atoms with van der Waals surface area (Å²) in [5, 5.41) is 8.20. The van der Waals surface area contributed by atoms with E-state index in [0.717, 1.165) is 40.6 Å². The third kappa shape index (κ3) is 3.53. The van der Waals surface area contributed by atoms with Crippen molar-refractivity contribution in [3.63, 3.8) is 0 Å². The lowest BCUT2D eigenvalue weighted by Gasteiger charge is -2.32. The Bertz CT molecular complexity index is 1140. The molecule has 0 atom stereocenters. The highest BCUT2D eigenvalue weighted by Crippen LogP contribution is 2.26.